The van der Waals surface area contributed by atoms with Crippen LogP contribution in [-0.4, -0.2) is 28.2 Å². The van der Waals surface area contributed by atoms with Gasteiger partial charge in [-0.1, -0.05) is 0 Å². The second kappa shape index (κ2) is 6.09. The summed E-state index contributed by atoms with van der Waals surface area (Å²) in [4.78, 5) is 13.4. The van der Waals surface area contributed by atoms with E-state index in [2.05, 4.69) is 20.3 Å². The Morgan fingerprint density at radius 1 is 0.958 bits per heavy atom. The molecular formula is C17H16N4O2S. The van der Waals surface area contributed by atoms with Crippen LogP contribution in [0, 0.1) is 13.8 Å². The van der Waals surface area contributed by atoms with Crippen molar-refractivity contribution in [1.82, 2.24) is 15.0 Å². The van der Waals surface area contributed by atoms with Crippen molar-refractivity contribution in [3.8, 4) is 22.8 Å². The van der Waals surface area contributed by atoms with Gasteiger partial charge in [-0.25, -0.2) is 15.0 Å². The number of fused-ring (bicyclic) bond motifs is 1. The zero-order chi connectivity index (χ0) is 16.5. The highest BCUT2D eigenvalue weighted by molar-refractivity contribution is 7.14. The fraction of sp³-hybridized carbons (Fsp3) is 0.235. The predicted octanol–water partition coefficient (Wildman–Crippen LogP) is 3.73. The van der Waals surface area contributed by atoms with E-state index < -0.39 is 0 Å². The van der Waals surface area contributed by atoms with Crippen molar-refractivity contribution < 1.29 is 9.47 Å². The Balaban J connectivity index is 1.58. The lowest BCUT2D eigenvalue weighted by atomic mass is 10.1. The molecule has 2 aromatic heterocycles. The molecule has 0 aliphatic carbocycles. The maximum atomic E-state index is 5.63. The molecule has 122 valence electrons. The molecule has 7 heteroatoms. The minimum atomic E-state index is 0.565. The van der Waals surface area contributed by atoms with Gasteiger partial charge in [0.05, 0.1) is 5.69 Å². The number of nitrogens with zero attached hydrogens (tertiary/aromatic N) is 3. The molecule has 3 aromatic rings. The van der Waals surface area contributed by atoms with E-state index in [9.17, 15) is 0 Å². The fourth-order valence-electron chi connectivity index (χ4n) is 2.54. The van der Waals surface area contributed by atoms with Gasteiger partial charge in [0, 0.05) is 22.3 Å². The van der Waals surface area contributed by atoms with Crippen LogP contribution in [0.15, 0.2) is 29.6 Å². The van der Waals surface area contributed by atoms with Crippen molar-refractivity contribution in [3.05, 3.63) is 41.0 Å². The molecule has 24 heavy (non-hydrogen) atoms. The van der Waals surface area contributed by atoms with E-state index in [4.69, 9.17) is 9.47 Å². The summed E-state index contributed by atoms with van der Waals surface area (Å²) in [5.41, 5.74) is 3.72. The van der Waals surface area contributed by atoms with Gasteiger partial charge >= 0.3 is 0 Å². The first kappa shape index (κ1) is 14.9. The largest absolute Gasteiger partial charge is 0.486 e. The van der Waals surface area contributed by atoms with Gasteiger partial charge in [0.15, 0.2) is 16.6 Å². The van der Waals surface area contributed by atoms with Crippen molar-refractivity contribution in [2.24, 2.45) is 0 Å². The molecule has 0 radical (unpaired) electrons. The lowest BCUT2D eigenvalue weighted by Crippen LogP contribution is -2.15. The number of ether oxygens (including phenoxy) is 2. The molecule has 3 heterocycles. The maximum Gasteiger partial charge on any atom is 0.229 e. The number of benzene rings is 1. The molecule has 0 fully saturated rings. The number of anilines is 2. The van der Waals surface area contributed by atoms with Crippen LogP contribution < -0.4 is 14.8 Å². The highest BCUT2D eigenvalue weighted by Crippen LogP contribution is 2.35. The van der Waals surface area contributed by atoms with Gasteiger partial charge in [0.25, 0.3) is 0 Å². The zero-order valence-corrected chi connectivity index (χ0v) is 14.2. The summed E-state index contributed by atoms with van der Waals surface area (Å²) in [5, 5.41) is 5.92. The van der Waals surface area contributed by atoms with E-state index in [-0.39, 0.29) is 0 Å². The van der Waals surface area contributed by atoms with Crippen molar-refractivity contribution in [3.63, 3.8) is 0 Å². The van der Waals surface area contributed by atoms with Crippen molar-refractivity contribution in [1.29, 1.82) is 0 Å². The lowest BCUT2D eigenvalue weighted by molar-refractivity contribution is 0.171. The van der Waals surface area contributed by atoms with Crippen LogP contribution in [0.3, 0.4) is 0 Å². The summed E-state index contributed by atoms with van der Waals surface area (Å²) in [5.74, 6) is 2.11. The summed E-state index contributed by atoms with van der Waals surface area (Å²) in [6.07, 6.45) is 0. The summed E-state index contributed by atoms with van der Waals surface area (Å²) in [7, 11) is 0. The predicted molar refractivity (Wildman–Crippen MR) is 93.3 cm³/mol. The minimum absolute atomic E-state index is 0.565. The Labute approximate surface area is 143 Å². The normalized spacial score (nSPS) is 12.9. The van der Waals surface area contributed by atoms with Crippen LogP contribution >= 0.6 is 11.3 Å². The van der Waals surface area contributed by atoms with E-state index >= 15 is 0 Å². The van der Waals surface area contributed by atoms with Crippen LogP contribution in [0.1, 0.15) is 11.4 Å². The summed E-state index contributed by atoms with van der Waals surface area (Å²) in [6.45, 7) is 5.06. The average molecular weight is 340 g/mol. The van der Waals surface area contributed by atoms with Gasteiger partial charge in [-0.2, -0.15) is 0 Å². The van der Waals surface area contributed by atoms with Gasteiger partial charge < -0.3 is 14.8 Å². The SMILES string of the molecule is Cc1cc(C)nc(Nc2nc(-c3ccc4c(c3)OCCO4)cs2)n1. The second-order valence-corrected chi connectivity index (χ2v) is 6.35. The molecule has 0 atom stereocenters. The van der Waals surface area contributed by atoms with Crippen LogP contribution in [0.5, 0.6) is 11.5 Å². The molecule has 4 rings (SSSR count). The minimum Gasteiger partial charge on any atom is -0.486 e. The monoisotopic (exact) mass is 340 g/mol. The lowest BCUT2D eigenvalue weighted by Gasteiger charge is -2.18. The van der Waals surface area contributed by atoms with Gasteiger partial charge in [-0.15, -0.1) is 11.3 Å². The van der Waals surface area contributed by atoms with Gasteiger partial charge in [0.2, 0.25) is 5.95 Å². The topological polar surface area (TPSA) is 69.2 Å². The molecule has 6 nitrogen and oxygen atoms in total. The number of hydrogen-bond acceptors (Lipinski definition) is 7. The van der Waals surface area contributed by atoms with Gasteiger partial charge in [0.1, 0.15) is 13.2 Å². The Morgan fingerprint density at radius 3 is 2.50 bits per heavy atom. The second-order valence-electron chi connectivity index (χ2n) is 5.50. The maximum absolute atomic E-state index is 5.63. The highest BCUT2D eigenvalue weighted by atomic mass is 32.1. The smallest absolute Gasteiger partial charge is 0.229 e. The molecule has 0 amide bonds. The molecule has 1 aliphatic rings. The van der Waals surface area contributed by atoms with Crippen LogP contribution in [0.25, 0.3) is 11.3 Å². The highest BCUT2D eigenvalue weighted by Gasteiger charge is 2.14. The first-order valence-corrected chi connectivity index (χ1v) is 8.50. The summed E-state index contributed by atoms with van der Waals surface area (Å²) >= 11 is 1.51. The average Bonchev–Trinajstić information content (AvgIpc) is 3.02. The molecule has 0 saturated carbocycles. The molecular weight excluding hydrogens is 324 g/mol. The first-order chi connectivity index (χ1) is 11.7. The third-order valence-electron chi connectivity index (χ3n) is 3.54. The summed E-state index contributed by atoms with van der Waals surface area (Å²) in [6, 6.07) is 7.80. The van der Waals surface area contributed by atoms with Crippen molar-refractivity contribution >= 4 is 22.4 Å². The number of thiazole rings is 1. The summed E-state index contributed by atoms with van der Waals surface area (Å²) < 4.78 is 11.2. The number of nitrogens with one attached hydrogen (secondary N) is 1. The van der Waals surface area contributed by atoms with E-state index in [1.165, 1.54) is 11.3 Å². The molecule has 0 saturated heterocycles. The molecule has 0 spiro atoms. The van der Waals surface area contributed by atoms with Gasteiger partial charge in [-0.05, 0) is 38.1 Å². The Bertz CT molecular complexity index is 874. The molecule has 1 N–H and O–H groups in total. The number of hydrogen-bond donors (Lipinski definition) is 1. The Hall–Kier alpha value is -2.67. The Morgan fingerprint density at radius 2 is 1.71 bits per heavy atom. The van der Waals surface area contributed by atoms with Crippen LogP contribution in [0.2, 0.25) is 0 Å². The van der Waals surface area contributed by atoms with E-state index in [1.54, 1.807) is 0 Å². The van der Waals surface area contributed by atoms with Gasteiger partial charge in [-0.3, -0.25) is 0 Å². The standard InChI is InChI=1S/C17H16N4O2S/c1-10-7-11(2)19-16(18-10)21-17-20-13(9-24-17)12-3-4-14-15(8-12)23-6-5-22-14/h3-4,7-9H,5-6H2,1-2H3,(H,18,19,20,21). The Kier molecular flexibility index (Phi) is 3.78. The molecule has 0 unspecified atom stereocenters. The first-order valence-electron chi connectivity index (χ1n) is 7.62. The quantitative estimate of drug-likeness (QED) is 0.783. The van der Waals surface area contributed by atoms with Crippen molar-refractivity contribution in [2.45, 2.75) is 13.8 Å². The zero-order valence-electron chi connectivity index (χ0n) is 13.4. The molecule has 0 bridgehead atoms. The van der Waals surface area contributed by atoms with E-state index in [1.807, 2.05) is 43.5 Å². The number of aromatic nitrogens is 3. The van der Waals surface area contributed by atoms with Crippen LogP contribution in [0.4, 0.5) is 11.1 Å². The third-order valence-corrected chi connectivity index (χ3v) is 4.30. The molecule has 1 aliphatic heterocycles. The van der Waals surface area contributed by atoms with E-state index in [0.29, 0.717) is 19.2 Å². The van der Waals surface area contributed by atoms with E-state index in [0.717, 1.165) is 39.3 Å². The van der Waals surface area contributed by atoms with Crippen LogP contribution in [-0.2, 0) is 0 Å². The third kappa shape index (κ3) is 3.03. The fourth-order valence-corrected chi connectivity index (χ4v) is 3.26. The number of rotatable bonds is 3. The molecule has 1 aromatic carbocycles. The number of aryl methyl sites for hydroxylation is 2. The van der Waals surface area contributed by atoms with Crippen molar-refractivity contribution in [2.75, 3.05) is 18.5 Å².